The van der Waals surface area contributed by atoms with Crippen molar-refractivity contribution in [3.8, 4) is 0 Å². The SMILES string of the molecule is CCSCCS.CCSCCS.CCSCCS.[SbH3]. The van der Waals surface area contributed by atoms with Gasteiger partial charge in [0.05, 0.1) is 0 Å². The summed E-state index contributed by atoms with van der Waals surface area (Å²) < 4.78 is 0. The Kier molecular flexibility index (Phi) is 58.6. The number of thiol groups is 3. The van der Waals surface area contributed by atoms with Crippen molar-refractivity contribution in [1.29, 1.82) is 0 Å². The molecule has 0 aromatic heterocycles. The Labute approximate surface area is 168 Å². The molecular weight excluding hydrogens is 458 g/mol. The predicted octanol–water partition coefficient (Wildman–Crippen LogP) is 3.82. The Hall–Kier alpha value is 2.92. The first-order valence-electron chi connectivity index (χ1n) is 6.30. The summed E-state index contributed by atoms with van der Waals surface area (Å²) in [6.45, 7) is 6.48. The molecule has 19 heavy (non-hydrogen) atoms. The summed E-state index contributed by atoms with van der Waals surface area (Å²) in [5.41, 5.74) is 0. The Balaban J connectivity index is -0.0000000865. The summed E-state index contributed by atoms with van der Waals surface area (Å²) >= 11 is 17.9. The van der Waals surface area contributed by atoms with Crippen LogP contribution in [-0.2, 0) is 0 Å². The molecule has 0 N–H and O–H groups in total. The van der Waals surface area contributed by atoms with Gasteiger partial charge in [0.25, 0.3) is 0 Å². The van der Waals surface area contributed by atoms with Crippen LogP contribution < -0.4 is 0 Å². The van der Waals surface area contributed by atoms with Crippen LogP contribution in [0.4, 0.5) is 0 Å². The zero-order chi connectivity index (χ0) is 14.5. The van der Waals surface area contributed by atoms with Crippen molar-refractivity contribution >= 4 is 97.6 Å². The molecule has 0 atom stereocenters. The van der Waals surface area contributed by atoms with E-state index in [1.807, 2.05) is 35.3 Å². The fourth-order valence-electron chi connectivity index (χ4n) is 0.627. The fourth-order valence-corrected chi connectivity index (χ4v) is 3.04. The molecule has 0 aliphatic carbocycles. The number of rotatable bonds is 9. The van der Waals surface area contributed by atoms with E-state index in [0.717, 1.165) is 17.3 Å². The molecule has 0 saturated carbocycles. The van der Waals surface area contributed by atoms with Gasteiger partial charge in [-0.25, -0.2) is 0 Å². The van der Waals surface area contributed by atoms with Crippen molar-refractivity contribution in [2.45, 2.75) is 20.8 Å². The Morgan fingerprint density at radius 2 is 0.789 bits per heavy atom. The molecule has 7 heteroatoms. The van der Waals surface area contributed by atoms with Crippen molar-refractivity contribution in [1.82, 2.24) is 0 Å². The van der Waals surface area contributed by atoms with Gasteiger partial charge in [-0.1, -0.05) is 20.8 Å². The van der Waals surface area contributed by atoms with Gasteiger partial charge in [0.15, 0.2) is 0 Å². The molecule has 0 heterocycles. The van der Waals surface area contributed by atoms with E-state index in [9.17, 15) is 0 Å². The van der Waals surface area contributed by atoms with Gasteiger partial charge in [0.2, 0.25) is 0 Å². The molecule has 0 bridgehead atoms. The molecule has 0 rings (SSSR count). The monoisotopic (exact) mass is 490 g/mol. The van der Waals surface area contributed by atoms with E-state index in [2.05, 4.69) is 58.7 Å². The van der Waals surface area contributed by atoms with Crippen molar-refractivity contribution in [3.05, 3.63) is 0 Å². The van der Waals surface area contributed by atoms with E-state index in [4.69, 9.17) is 0 Å². The van der Waals surface area contributed by atoms with Crippen LogP contribution in [0.1, 0.15) is 20.8 Å². The second-order valence-electron chi connectivity index (χ2n) is 2.76. The molecule has 0 aliphatic rings. The zero-order valence-corrected chi connectivity index (χ0v) is 21.8. The van der Waals surface area contributed by atoms with Crippen LogP contribution >= 0.6 is 73.2 Å². The molecule has 0 aromatic carbocycles. The van der Waals surface area contributed by atoms with Gasteiger partial charge in [-0.2, -0.15) is 73.2 Å². The Bertz CT molecular complexity index is 77.2. The third-order valence-electron chi connectivity index (χ3n) is 1.32. The van der Waals surface area contributed by atoms with Gasteiger partial charge in [0, 0.05) is 17.3 Å². The van der Waals surface area contributed by atoms with E-state index < -0.39 is 0 Å². The molecule has 122 valence electrons. The maximum absolute atomic E-state index is 4.03. The average Bonchev–Trinajstić information content (AvgIpc) is 2.42. The van der Waals surface area contributed by atoms with E-state index in [1.165, 1.54) is 34.5 Å². The van der Waals surface area contributed by atoms with Crippen LogP contribution in [-0.4, -0.2) is 76.2 Å². The van der Waals surface area contributed by atoms with Gasteiger partial charge in [-0.3, -0.25) is 0 Å². The molecule has 0 amide bonds. The molecular formula is C12H33S6Sb. The van der Waals surface area contributed by atoms with Crippen LogP contribution in [0.5, 0.6) is 0 Å². The van der Waals surface area contributed by atoms with E-state index in [-0.39, 0.29) is 24.4 Å². The first-order chi connectivity index (χ1) is 8.74. The van der Waals surface area contributed by atoms with E-state index in [0.29, 0.717) is 0 Å². The van der Waals surface area contributed by atoms with Gasteiger partial charge in [0.1, 0.15) is 0 Å². The summed E-state index contributed by atoms with van der Waals surface area (Å²) in [5, 5.41) is 0. The zero-order valence-electron chi connectivity index (χ0n) is 12.6. The molecule has 0 saturated heterocycles. The second-order valence-corrected chi connectivity index (χ2v) is 8.28. The molecule has 0 radical (unpaired) electrons. The minimum atomic E-state index is 0. The van der Waals surface area contributed by atoms with Crippen LogP contribution in [0.3, 0.4) is 0 Å². The summed E-state index contributed by atoms with van der Waals surface area (Å²) in [5.74, 6) is 10.3. The van der Waals surface area contributed by atoms with E-state index in [1.54, 1.807) is 0 Å². The van der Waals surface area contributed by atoms with Crippen molar-refractivity contribution < 1.29 is 0 Å². The molecule has 0 spiro atoms. The summed E-state index contributed by atoms with van der Waals surface area (Å²) in [4.78, 5) is 0. The molecule has 0 nitrogen and oxygen atoms in total. The normalized spacial score (nSPS) is 8.53. The van der Waals surface area contributed by atoms with Crippen LogP contribution in [0.2, 0.25) is 0 Å². The Morgan fingerprint density at radius 3 is 0.842 bits per heavy atom. The van der Waals surface area contributed by atoms with Crippen LogP contribution in [0, 0.1) is 0 Å². The molecule has 0 aliphatic heterocycles. The first-order valence-corrected chi connectivity index (χ1v) is 11.7. The van der Waals surface area contributed by atoms with Gasteiger partial charge in [-0.15, -0.1) is 0 Å². The number of hydrogen-bond acceptors (Lipinski definition) is 6. The van der Waals surface area contributed by atoms with Gasteiger partial charge >= 0.3 is 24.4 Å². The summed E-state index contributed by atoms with van der Waals surface area (Å²) in [6, 6.07) is 0. The quantitative estimate of drug-likeness (QED) is 0.255. The minimum absolute atomic E-state index is 0. The third-order valence-corrected chi connectivity index (χ3v) is 5.60. The number of thioether (sulfide) groups is 3. The van der Waals surface area contributed by atoms with Crippen molar-refractivity contribution in [2.75, 3.05) is 51.8 Å². The maximum atomic E-state index is 4.03. The Morgan fingerprint density at radius 1 is 0.579 bits per heavy atom. The molecule has 0 unspecified atom stereocenters. The summed E-state index contributed by atoms with van der Waals surface area (Å²) in [7, 11) is 0. The predicted molar refractivity (Wildman–Crippen MR) is 120 cm³/mol. The molecule has 0 fully saturated rings. The van der Waals surface area contributed by atoms with Crippen molar-refractivity contribution in [2.24, 2.45) is 0 Å². The van der Waals surface area contributed by atoms with E-state index >= 15 is 0 Å². The molecule has 0 aromatic rings. The van der Waals surface area contributed by atoms with Gasteiger partial charge in [-0.05, 0) is 34.5 Å². The van der Waals surface area contributed by atoms with Gasteiger partial charge < -0.3 is 0 Å². The summed E-state index contributed by atoms with van der Waals surface area (Å²) in [6.07, 6.45) is 0. The number of hydrogen-bond donors (Lipinski definition) is 3. The van der Waals surface area contributed by atoms with Crippen LogP contribution in [0.15, 0.2) is 0 Å². The van der Waals surface area contributed by atoms with Crippen molar-refractivity contribution in [3.63, 3.8) is 0 Å². The fraction of sp³-hybridized carbons (Fsp3) is 1.00. The third kappa shape index (κ3) is 52.7. The standard InChI is InChI=1S/3C4H10S2.Sb.3H/c3*1-2-6-4-3-5;;;;/h3*5H,2-4H2,1H3;;;;. The average molecular weight is 492 g/mol. The topological polar surface area (TPSA) is 0 Å². The first kappa shape index (κ1) is 29.9. The second kappa shape index (κ2) is 37.3. The van der Waals surface area contributed by atoms with Crippen LogP contribution in [0.25, 0.3) is 0 Å².